The van der Waals surface area contributed by atoms with Gasteiger partial charge in [0.2, 0.25) is 0 Å². The lowest BCUT2D eigenvalue weighted by Gasteiger charge is -2.42. The van der Waals surface area contributed by atoms with E-state index < -0.39 is 0 Å². The summed E-state index contributed by atoms with van der Waals surface area (Å²) < 4.78 is 1.17. The molecule has 1 aromatic carbocycles. The Balaban J connectivity index is 2.02. The molecule has 2 N–H and O–H groups in total. The van der Waals surface area contributed by atoms with E-state index in [2.05, 4.69) is 25.1 Å². The molecule has 0 unspecified atom stereocenters. The summed E-state index contributed by atoms with van der Waals surface area (Å²) in [4.78, 5) is 14.1. The number of ketones is 1. The number of Topliss-reactive ketones (excluding diaryl/α,β-unsaturated/α-hetero) is 1. The minimum Gasteiger partial charge on any atom is -0.383 e. The van der Waals surface area contributed by atoms with E-state index in [0.717, 1.165) is 34.6 Å². The number of benzene rings is 1. The molecule has 0 bridgehead atoms. The van der Waals surface area contributed by atoms with Crippen LogP contribution in [0.3, 0.4) is 0 Å². The Morgan fingerprint density at radius 3 is 2.70 bits per heavy atom. The summed E-state index contributed by atoms with van der Waals surface area (Å²) in [5.41, 5.74) is 9.74. The predicted molar refractivity (Wildman–Crippen MR) is 108 cm³/mol. The minimum absolute atomic E-state index is 0.130. The summed E-state index contributed by atoms with van der Waals surface area (Å²) in [5.74, 6) is 0.189. The second-order valence-electron chi connectivity index (χ2n) is 7.23. The fraction of sp³-hybridized carbons (Fsp3) is 0.333. The molecule has 138 valence electrons. The smallest absolute Gasteiger partial charge is 0.161 e. The minimum atomic E-state index is -0.369. The molecule has 0 spiro atoms. The lowest BCUT2D eigenvalue weighted by atomic mass is 9.78. The lowest BCUT2D eigenvalue weighted by Crippen LogP contribution is -2.45. The van der Waals surface area contributed by atoms with Crippen molar-refractivity contribution in [2.24, 2.45) is 5.73 Å². The van der Waals surface area contributed by atoms with E-state index in [1.807, 2.05) is 36.2 Å². The fourth-order valence-electron chi connectivity index (χ4n) is 4.26. The maximum Gasteiger partial charge on any atom is 0.161 e. The fourth-order valence-corrected chi connectivity index (χ4v) is 5.59. The third-order valence-corrected chi connectivity index (χ3v) is 6.77. The molecule has 4 rings (SSSR count). The molecule has 0 radical (unpaired) electrons. The van der Waals surface area contributed by atoms with Gasteiger partial charge in [0.25, 0.3) is 0 Å². The van der Waals surface area contributed by atoms with Crippen LogP contribution < -0.4 is 5.73 Å². The normalized spacial score (nSPS) is 20.5. The van der Waals surface area contributed by atoms with Crippen molar-refractivity contribution in [3.63, 3.8) is 0 Å². The standard InChI is InChI=1S/C21H22N4OS/c1-12-13-7-4-5-10-17(13)27-20(12)18-14(11-22)21(23)25(24(2)3)15-8-6-9-16(26)19(15)18/h4-5,7,10,18H,6,8-9,23H2,1-3H3/t18-/m1/s1. The molecular formula is C21H22N4OS. The summed E-state index contributed by atoms with van der Waals surface area (Å²) in [7, 11) is 3.77. The first-order chi connectivity index (χ1) is 13.0. The number of rotatable bonds is 2. The van der Waals surface area contributed by atoms with E-state index in [-0.39, 0.29) is 11.7 Å². The number of hydrazine groups is 1. The number of allylic oxidation sites excluding steroid dienone is 3. The molecule has 2 aliphatic rings. The Bertz CT molecular complexity index is 1050. The number of thiophene rings is 1. The van der Waals surface area contributed by atoms with Gasteiger partial charge >= 0.3 is 0 Å². The van der Waals surface area contributed by atoms with Crippen molar-refractivity contribution in [2.75, 3.05) is 14.1 Å². The van der Waals surface area contributed by atoms with Crippen molar-refractivity contribution in [1.82, 2.24) is 10.0 Å². The van der Waals surface area contributed by atoms with Gasteiger partial charge in [-0.15, -0.1) is 11.3 Å². The average molecular weight is 379 g/mol. The van der Waals surface area contributed by atoms with Gasteiger partial charge in [-0.1, -0.05) is 18.2 Å². The zero-order valence-corrected chi connectivity index (χ0v) is 16.6. The molecule has 5 nitrogen and oxygen atoms in total. The number of carbonyl (C=O) groups is 1. The largest absolute Gasteiger partial charge is 0.383 e. The molecule has 27 heavy (non-hydrogen) atoms. The van der Waals surface area contributed by atoms with E-state index in [0.29, 0.717) is 17.8 Å². The monoisotopic (exact) mass is 378 g/mol. The van der Waals surface area contributed by atoms with Crippen molar-refractivity contribution < 1.29 is 4.79 Å². The van der Waals surface area contributed by atoms with Crippen LogP contribution in [0.5, 0.6) is 0 Å². The molecule has 1 aliphatic heterocycles. The van der Waals surface area contributed by atoms with Crippen LogP contribution in [0, 0.1) is 18.3 Å². The van der Waals surface area contributed by atoms with Crippen LogP contribution in [0.25, 0.3) is 10.1 Å². The molecule has 6 heteroatoms. The number of hydrogen-bond acceptors (Lipinski definition) is 6. The number of nitrogens with zero attached hydrogens (tertiary/aromatic N) is 3. The summed E-state index contributed by atoms with van der Waals surface area (Å²) in [6.07, 6.45) is 2.13. The summed E-state index contributed by atoms with van der Waals surface area (Å²) >= 11 is 1.66. The molecule has 0 amide bonds. The third kappa shape index (κ3) is 2.58. The highest BCUT2D eigenvalue weighted by atomic mass is 32.1. The summed E-state index contributed by atoms with van der Waals surface area (Å²) in [6.45, 7) is 2.07. The first-order valence-electron chi connectivity index (χ1n) is 9.07. The zero-order valence-electron chi connectivity index (χ0n) is 15.7. The number of fused-ring (bicyclic) bond motifs is 1. The third-order valence-electron chi connectivity index (χ3n) is 5.43. The van der Waals surface area contributed by atoms with Crippen LogP contribution in [-0.2, 0) is 4.79 Å². The number of nitriles is 1. The summed E-state index contributed by atoms with van der Waals surface area (Å²) in [5, 5.41) is 14.8. The lowest BCUT2D eigenvalue weighted by molar-refractivity contribution is -0.116. The first-order valence-corrected chi connectivity index (χ1v) is 9.88. The van der Waals surface area contributed by atoms with Gasteiger partial charge in [0, 0.05) is 41.4 Å². The van der Waals surface area contributed by atoms with E-state index in [1.165, 1.54) is 10.1 Å². The highest BCUT2D eigenvalue weighted by Crippen LogP contribution is 2.49. The molecule has 0 fully saturated rings. The first kappa shape index (κ1) is 17.8. The maximum absolute atomic E-state index is 13.0. The number of carbonyl (C=O) groups excluding carboxylic acids is 1. The molecule has 2 heterocycles. The van der Waals surface area contributed by atoms with Crippen molar-refractivity contribution in [3.05, 3.63) is 57.4 Å². The average Bonchev–Trinajstić information content (AvgIpc) is 2.97. The van der Waals surface area contributed by atoms with Crippen LogP contribution >= 0.6 is 11.3 Å². The Kier molecular flexibility index (Phi) is 4.29. The van der Waals surface area contributed by atoms with Crippen molar-refractivity contribution in [3.8, 4) is 6.07 Å². The second-order valence-corrected chi connectivity index (χ2v) is 8.31. The van der Waals surface area contributed by atoms with Gasteiger partial charge in [0.05, 0.1) is 17.6 Å². The number of hydrogen-bond donors (Lipinski definition) is 1. The van der Waals surface area contributed by atoms with E-state index >= 15 is 0 Å². The second kappa shape index (κ2) is 6.52. The van der Waals surface area contributed by atoms with Crippen LogP contribution in [0.4, 0.5) is 0 Å². The van der Waals surface area contributed by atoms with Crippen LogP contribution in [0.15, 0.2) is 46.9 Å². The van der Waals surface area contributed by atoms with Crippen LogP contribution in [0.2, 0.25) is 0 Å². The summed E-state index contributed by atoms with van der Waals surface area (Å²) in [6, 6.07) is 10.5. The van der Waals surface area contributed by atoms with Gasteiger partial charge in [-0.25, -0.2) is 5.01 Å². The van der Waals surface area contributed by atoms with Gasteiger partial charge in [0.1, 0.15) is 5.82 Å². The maximum atomic E-state index is 13.0. The molecule has 2 aromatic rings. The van der Waals surface area contributed by atoms with Crippen LogP contribution in [0.1, 0.15) is 35.6 Å². The Hall–Kier alpha value is -2.62. The Morgan fingerprint density at radius 1 is 1.30 bits per heavy atom. The van der Waals surface area contributed by atoms with E-state index in [1.54, 1.807) is 11.3 Å². The van der Waals surface area contributed by atoms with Gasteiger partial charge < -0.3 is 5.73 Å². The molecule has 1 atom stereocenters. The number of nitrogens with two attached hydrogens (primary N) is 1. The molecule has 1 aliphatic carbocycles. The van der Waals surface area contributed by atoms with E-state index in [9.17, 15) is 10.1 Å². The molecular weight excluding hydrogens is 356 g/mol. The van der Waals surface area contributed by atoms with Crippen molar-refractivity contribution in [2.45, 2.75) is 32.1 Å². The zero-order chi connectivity index (χ0) is 19.3. The van der Waals surface area contributed by atoms with Gasteiger partial charge in [-0.2, -0.15) is 5.26 Å². The predicted octanol–water partition coefficient (Wildman–Crippen LogP) is 3.79. The van der Waals surface area contributed by atoms with Crippen molar-refractivity contribution >= 4 is 27.2 Å². The Labute approximate surface area is 162 Å². The highest BCUT2D eigenvalue weighted by Gasteiger charge is 2.41. The van der Waals surface area contributed by atoms with Crippen LogP contribution in [-0.4, -0.2) is 29.9 Å². The SMILES string of the molecule is Cc1c([C@@H]2C(C#N)=C(N)N(N(C)C)C3=C2C(=O)CCC3)sc2ccccc12. The highest BCUT2D eigenvalue weighted by molar-refractivity contribution is 7.19. The molecule has 1 aromatic heterocycles. The quantitative estimate of drug-likeness (QED) is 0.861. The molecule has 0 saturated carbocycles. The van der Waals surface area contributed by atoms with Gasteiger partial charge in [-0.05, 0) is 36.8 Å². The topological polar surface area (TPSA) is 73.4 Å². The number of aryl methyl sites for hydroxylation is 1. The van der Waals surface area contributed by atoms with Gasteiger partial charge in [-0.3, -0.25) is 9.80 Å². The molecule has 0 saturated heterocycles. The van der Waals surface area contributed by atoms with Crippen molar-refractivity contribution in [1.29, 1.82) is 5.26 Å². The van der Waals surface area contributed by atoms with E-state index in [4.69, 9.17) is 5.73 Å². The van der Waals surface area contributed by atoms with Gasteiger partial charge in [0.15, 0.2) is 5.78 Å². The Morgan fingerprint density at radius 2 is 2.04 bits per heavy atom.